The Bertz CT molecular complexity index is 484. The zero-order chi connectivity index (χ0) is 14.5. The van der Waals surface area contributed by atoms with Gasteiger partial charge in [0, 0.05) is 32.2 Å². The standard InChI is InChI=1S/C15H20N2O3/c1-16-9-10-17(11-14(16)18)13-7-5-12(6-8-13)3-2-4-15(19)20/h5-8H,2-4,9-11H2,1H3,(H,19,20). The molecule has 0 aromatic heterocycles. The van der Waals surface area contributed by atoms with E-state index in [0.29, 0.717) is 13.0 Å². The highest BCUT2D eigenvalue weighted by Gasteiger charge is 2.20. The molecular formula is C15H20N2O3. The second-order valence-electron chi connectivity index (χ2n) is 5.15. The van der Waals surface area contributed by atoms with E-state index in [1.54, 1.807) is 4.90 Å². The highest BCUT2D eigenvalue weighted by Crippen LogP contribution is 2.18. The maximum absolute atomic E-state index is 11.7. The molecule has 0 unspecified atom stereocenters. The third-order valence-electron chi connectivity index (χ3n) is 3.61. The molecule has 0 radical (unpaired) electrons. The number of carbonyl (C=O) groups excluding carboxylic acids is 1. The first-order valence-electron chi connectivity index (χ1n) is 6.86. The molecule has 0 saturated carbocycles. The summed E-state index contributed by atoms with van der Waals surface area (Å²) in [5.74, 6) is -0.612. The Morgan fingerprint density at radius 2 is 1.95 bits per heavy atom. The van der Waals surface area contributed by atoms with Crippen LogP contribution < -0.4 is 4.90 Å². The zero-order valence-electron chi connectivity index (χ0n) is 11.7. The number of aliphatic carboxylic acids is 1. The Balaban J connectivity index is 1.91. The Labute approximate surface area is 118 Å². The summed E-state index contributed by atoms with van der Waals surface area (Å²) in [5.41, 5.74) is 2.18. The highest BCUT2D eigenvalue weighted by atomic mass is 16.4. The molecular weight excluding hydrogens is 256 g/mol. The fourth-order valence-corrected chi connectivity index (χ4v) is 2.30. The van der Waals surface area contributed by atoms with E-state index < -0.39 is 5.97 Å². The van der Waals surface area contributed by atoms with Crippen LogP contribution in [0, 0.1) is 0 Å². The minimum atomic E-state index is -0.752. The van der Waals surface area contributed by atoms with Crippen LogP contribution >= 0.6 is 0 Å². The van der Waals surface area contributed by atoms with E-state index in [1.807, 2.05) is 31.3 Å². The molecule has 1 N–H and O–H groups in total. The Morgan fingerprint density at radius 1 is 1.25 bits per heavy atom. The number of amides is 1. The molecule has 5 heteroatoms. The molecule has 1 heterocycles. The Morgan fingerprint density at radius 3 is 2.55 bits per heavy atom. The quantitative estimate of drug-likeness (QED) is 0.882. The van der Waals surface area contributed by atoms with Crippen molar-refractivity contribution in [3.63, 3.8) is 0 Å². The molecule has 1 aromatic rings. The van der Waals surface area contributed by atoms with E-state index in [1.165, 1.54) is 0 Å². The van der Waals surface area contributed by atoms with Crippen molar-refractivity contribution in [2.24, 2.45) is 0 Å². The molecule has 1 fully saturated rings. The Hall–Kier alpha value is -2.04. The smallest absolute Gasteiger partial charge is 0.303 e. The van der Waals surface area contributed by atoms with Gasteiger partial charge in [0.2, 0.25) is 5.91 Å². The van der Waals surface area contributed by atoms with Gasteiger partial charge in [-0.2, -0.15) is 0 Å². The number of carbonyl (C=O) groups is 2. The number of benzene rings is 1. The number of likely N-dealkylation sites (N-methyl/N-ethyl adjacent to an activating group) is 1. The van der Waals surface area contributed by atoms with Crippen molar-refractivity contribution >= 4 is 17.6 Å². The molecule has 1 aliphatic rings. The van der Waals surface area contributed by atoms with Crippen molar-refractivity contribution in [3.05, 3.63) is 29.8 Å². The van der Waals surface area contributed by atoms with Gasteiger partial charge in [-0.15, -0.1) is 0 Å². The minimum absolute atomic E-state index is 0.141. The van der Waals surface area contributed by atoms with Gasteiger partial charge in [-0.3, -0.25) is 9.59 Å². The predicted molar refractivity (Wildman–Crippen MR) is 76.9 cm³/mol. The topological polar surface area (TPSA) is 60.9 Å². The van der Waals surface area contributed by atoms with Crippen molar-refractivity contribution < 1.29 is 14.7 Å². The summed E-state index contributed by atoms with van der Waals surface area (Å²) in [5, 5.41) is 8.61. The van der Waals surface area contributed by atoms with E-state index in [0.717, 1.165) is 30.8 Å². The first-order valence-corrected chi connectivity index (χ1v) is 6.86. The number of carboxylic acid groups (broad SMARTS) is 1. The summed E-state index contributed by atoms with van der Waals surface area (Å²) in [6.07, 6.45) is 1.63. The van der Waals surface area contributed by atoms with Crippen LogP contribution in [0.5, 0.6) is 0 Å². The van der Waals surface area contributed by atoms with E-state index in [9.17, 15) is 9.59 Å². The van der Waals surface area contributed by atoms with Crippen molar-refractivity contribution in [1.29, 1.82) is 0 Å². The first-order chi connectivity index (χ1) is 9.56. The van der Waals surface area contributed by atoms with E-state index in [4.69, 9.17) is 5.11 Å². The van der Waals surface area contributed by atoms with Gasteiger partial charge in [0.15, 0.2) is 0 Å². The number of aryl methyl sites for hydroxylation is 1. The molecule has 5 nitrogen and oxygen atoms in total. The summed E-state index contributed by atoms with van der Waals surface area (Å²) in [6.45, 7) is 2.02. The van der Waals surface area contributed by atoms with E-state index >= 15 is 0 Å². The third-order valence-corrected chi connectivity index (χ3v) is 3.61. The Kier molecular flexibility index (Phi) is 4.61. The van der Waals surface area contributed by atoms with Gasteiger partial charge in [0.25, 0.3) is 0 Å². The number of nitrogens with zero attached hydrogens (tertiary/aromatic N) is 2. The predicted octanol–water partition coefficient (Wildman–Crippen LogP) is 1.37. The second-order valence-corrected chi connectivity index (χ2v) is 5.15. The molecule has 1 aliphatic heterocycles. The van der Waals surface area contributed by atoms with Crippen LogP contribution in [0.2, 0.25) is 0 Å². The van der Waals surface area contributed by atoms with Crippen molar-refractivity contribution in [2.45, 2.75) is 19.3 Å². The minimum Gasteiger partial charge on any atom is -0.481 e. The van der Waals surface area contributed by atoms with Crippen molar-refractivity contribution in [3.8, 4) is 0 Å². The molecule has 2 rings (SSSR count). The van der Waals surface area contributed by atoms with Crippen LogP contribution in [0.4, 0.5) is 5.69 Å². The average molecular weight is 276 g/mol. The van der Waals surface area contributed by atoms with Gasteiger partial charge >= 0.3 is 5.97 Å². The lowest BCUT2D eigenvalue weighted by Gasteiger charge is -2.33. The first kappa shape index (κ1) is 14.4. The summed E-state index contributed by atoms with van der Waals surface area (Å²) in [4.78, 5) is 26.0. The number of carboxylic acids is 1. The molecule has 108 valence electrons. The average Bonchev–Trinajstić information content (AvgIpc) is 2.42. The van der Waals surface area contributed by atoms with Crippen LogP contribution in [-0.4, -0.2) is 48.6 Å². The SMILES string of the molecule is CN1CCN(c2ccc(CCCC(=O)O)cc2)CC1=O. The largest absolute Gasteiger partial charge is 0.481 e. The number of anilines is 1. The highest BCUT2D eigenvalue weighted by molar-refractivity contribution is 5.82. The van der Waals surface area contributed by atoms with Gasteiger partial charge in [0.1, 0.15) is 0 Å². The fraction of sp³-hybridized carbons (Fsp3) is 0.467. The number of hydrogen-bond donors (Lipinski definition) is 1. The molecule has 0 spiro atoms. The molecule has 0 bridgehead atoms. The van der Waals surface area contributed by atoms with Crippen LogP contribution in [0.3, 0.4) is 0 Å². The monoisotopic (exact) mass is 276 g/mol. The van der Waals surface area contributed by atoms with Crippen LogP contribution in [0.25, 0.3) is 0 Å². The van der Waals surface area contributed by atoms with Gasteiger partial charge in [-0.1, -0.05) is 12.1 Å². The molecule has 1 saturated heterocycles. The van der Waals surface area contributed by atoms with Gasteiger partial charge in [-0.25, -0.2) is 0 Å². The second kappa shape index (κ2) is 6.41. The number of rotatable bonds is 5. The summed E-state index contributed by atoms with van der Waals surface area (Å²) < 4.78 is 0. The van der Waals surface area contributed by atoms with E-state index in [2.05, 4.69) is 4.90 Å². The van der Waals surface area contributed by atoms with Gasteiger partial charge in [0.05, 0.1) is 6.54 Å². The molecule has 20 heavy (non-hydrogen) atoms. The lowest BCUT2D eigenvalue weighted by Crippen LogP contribution is -2.48. The molecule has 0 aliphatic carbocycles. The van der Waals surface area contributed by atoms with Crippen molar-refractivity contribution in [2.75, 3.05) is 31.6 Å². The maximum Gasteiger partial charge on any atom is 0.303 e. The van der Waals surface area contributed by atoms with Crippen LogP contribution in [-0.2, 0) is 16.0 Å². The number of hydrogen-bond acceptors (Lipinski definition) is 3. The fourth-order valence-electron chi connectivity index (χ4n) is 2.30. The lowest BCUT2D eigenvalue weighted by atomic mass is 10.1. The van der Waals surface area contributed by atoms with Crippen LogP contribution in [0.15, 0.2) is 24.3 Å². The number of piperazine rings is 1. The molecule has 0 atom stereocenters. The summed E-state index contributed by atoms with van der Waals surface area (Å²) >= 11 is 0. The van der Waals surface area contributed by atoms with Crippen molar-refractivity contribution in [1.82, 2.24) is 4.90 Å². The maximum atomic E-state index is 11.7. The normalized spacial score (nSPS) is 15.6. The summed E-state index contributed by atoms with van der Waals surface area (Å²) in [7, 11) is 1.82. The summed E-state index contributed by atoms with van der Waals surface area (Å²) in [6, 6.07) is 8.05. The van der Waals surface area contributed by atoms with Gasteiger partial charge in [-0.05, 0) is 30.5 Å². The van der Waals surface area contributed by atoms with Crippen LogP contribution in [0.1, 0.15) is 18.4 Å². The van der Waals surface area contributed by atoms with E-state index in [-0.39, 0.29) is 12.3 Å². The lowest BCUT2D eigenvalue weighted by molar-refractivity contribution is -0.137. The van der Waals surface area contributed by atoms with Gasteiger partial charge < -0.3 is 14.9 Å². The zero-order valence-corrected chi connectivity index (χ0v) is 11.7. The molecule has 1 aromatic carbocycles. The third kappa shape index (κ3) is 3.73. The molecule has 1 amide bonds.